The molecule has 3 heteroatoms. The average Bonchev–Trinajstić information content (AvgIpc) is 2.15. The third-order valence-corrected chi connectivity index (χ3v) is 1.43. The van der Waals surface area contributed by atoms with Crippen LogP contribution in [-0.4, -0.2) is 6.61 Å². The van der Waals surface area contributed by atoms with Crippen LogP contribution in [-0.2, 0) is 0 Å². The van der Waals surface area contributed by atoms with Crippen LogP contribution < -0.4 is 4.74 Å². The van der Waals surface area contributed by atoms with Gasteiger partial charge in [-0.1, -0.05) is 12.7 Å². The highest BCUT2D eigenvalue weighted by atomic mass is 19.1. The van der Waals surface area contributed by atoms with Crippen molar-refractivity contribution in [2.24, 2.45) is 0 Å². The second kappa shape index (κ2) is 4.27. The Labute approximate surface area is 75.9 Å². The first-order chi connectivity index (χ1) is 6.27. The summed E-state index contributed by atoms with van der Waals surface area (Å²) < 4.78 is 18.0. The molecule has 0 saturated carbocycles. The van der Waals surface area contributed by atoms with Gasteiger partial charge in [-0.25, -0.2) is 4.39 Å². The van der Waals surface area contributed by atoms with Crippen molar-refractivity contribution in [1.82, 2.24) is 0 Å². The van der Waals surface area contributed by atoms with Gasteiger partial charge in [0.05, 0.1) is 5.56 Å². The van der Waals surface area contributed by atoms with Crippen LogP contribution in [0.5, 0.6) is 5.75 Å². The molecule has 0 heterocycles. The molecule has 0 bridgehead atoms. The standard InChI is InChI=1S/C10H8FNO/c1-2-5-13-9-4-3-8(7-12)10(11)6-9/h2-4,6H,1,5H2. The molecular formula is C10H8FNO. The van der Waals surface area contributed by atoms with Crippen molar-refractivity contribution < 1.29 is 9.13 Å². The van der Waals surface area contributed by atoms with Gasteiger partial charge >= 0.3 is 0 Å². The molecule has 0 aromatic heterocycles. The predicted molar refractivity (Wildman–Crippen MR) is 46.8 cm³/mol. The molecule has 1 aromatic carbocycles. The number of rotatable bonds is 3. The Kier molecular flexibility index (Phi) is 3.04. The molecule has 0 unspecified atom stereocenters. The maximum absolute atomic E-state index is 12.9. The molecule has 1 aromatic rings. The Bertz CT molecular complexity index is 354. The second-order valence-corrected chi connectivity index (χ2v) is 2.35. The maximum Gasteiger partial charge on any atom is 0.144 e. The monoisotopic (exact) mass is 177 g/mol. The minimum Gasteiger partial charge on any atom is -0.489 e. The molecule has 0 amide bonds. The molecule has 2 nitrogen and oxygen atoms in total. The fourth-order valence-corrected chi connectivity index (χ4v) is 0.831. The van der Waals surface area contributed by atoms with Crippen LogP contribution in [0.2, 0.25) is 0 Å². The summed E-state index contributed by atoms with van der Waals surface area (Å²) in [5.74, 6) is -0.166. The number of hydrogen-bond acceptors (Lipinski definition) is 2. The maximum atomic E-state index is 12.9. The molecular weight excluding hydrogens is 169 g/mol. The lowest BCUT2D eigenvalue weighted by molar-refractivity contribution is 0.361. The summed E-state index contributed by atoms with van der Waals surface area (Å²) in [6.45, 7) is 3.79. The Morgan fingerprint density at radius 2 is 2.38 bits per heavy atom. The molecule has 0 aliphatic heterocycles. The van der Waals surface area contributed by atoms with Gasteiger partial charge in [-0.3, -0.25) is 0 Å². The van der Waals surface area contributed by atoms with Crippen molar-refractivity contribution in [3.05, 3.63) is 42.2 Å². The van der Waals surface area contributed by atoms with Crippen LogP contribution in [0.25, 0.3) is 0 Å². The van der Waals surface area contributed by atoms with Gasteiger partial charge in [-0.05, 0) is 12.1 Å². The van der Waals surface area contributed by atoms with E-state index in [0.29, 0.717) is 12.4 Å². The zero-order valence-electron chi connectivity index (χ0n) is 6.96. The van der Waals surface area contributed by atoms with Crippen molar-refractivity contribution in [1.29, 1.82) is 5.26 Å². The minimum atomic E-state index is -0.566. The normalized spacial score (nSPS) is 8.92. The molecule has 13 heavy (non-hydrogen) atoms. The molecule has 0 aliphatic rings. The summed E-state index contributed by atoms with van der Waals surface area (Å²) >= 11 is 0. The van der Waals surface area contributed by atoms with Crippen LogP contribution in [0, 0.1) is 17.1 Å². The van der Waals surface area contributed by atoms with E-state index in [0.717, 1.165) is 0 Å². The van der Waals surface area contributed by atoms with Crippen molar-refractivity contribution in [3.8, 4) is 11.8 Å². The zero-order chi connectivity index (χ0) is 9.68. The molecule has 0 atom stereocenters. The van der Waals surface area contributed by atoms with Crippen molar-refractivity contribution in [2.45, 2.75) is 0 Å². The van der Waals surface area contributed by atoms with E-state index in [1.54, 1.807) is 18.2 Å². The van der Waals surface area contributed by atoms with E-state index in [9.17, 15) is 4.39 Å². The van der Waals surface area contributed by atoms with Gasteiger partial charge in [0.15, 0.2) is 0 Å². The molecule has 0 fully saturated rings. The Morgan fingerprint density at radius 3 is 2.92 bits per heavy atom. The molecule has 0 spiro atoms. The largest absolute Gasteiger partial charge is 0.489 e. The van der Waals surface area contributed by atoms with Crippen LogP contribution in [0.3, 0.4) is 0 Å². The Balaban J connectivity index is 2.84. The van der Waals surface area contributed by atoms with E-state index in [-0.39, 0.29) is 5.56 Å². The molecule has 0 saturated heterocycles. The highest BCUT2D eigenvalue weighted by Crippen LogP contribution is 2.15. The van der Waals surface area contributed by atoms with E-state index in [1.807, 2.05) is 0 Å². The SMILES string of the molecule is C=CCOc1ccc(C#N)c(F)c1. The van der Waals surface area contributed by atoms with Gasteiger partial charge in [-0.15, -0.1) is 0 Å². The number of hydrogen-bond donors (Lipinski definition) is 0. The number of nitrogens with zero attached hydrogens (tertiary/aromatic N) is 1. The number of ether oxygens (including phenoxy) is 1. The van der Waals surface area contributed by atoms with Crippen LogP contribution >= 0.6 is 0 Å². The van der Waals surface area contributed by atoms with Gasteiger partial charge < -0.3 is 4.74 Å². The van der Waals surface area contributed by atoms with E-state index in [1.165, 1.54) is 12.1 Å². The average molecular weight is 177 g/mol. The third kappa shape index (κ3) is 2.31. The fraction of sp³-hybridized carbons (Fsp3) is 0.100. The van der Waals surface area contributed by atoms with E-state index >= 15 is 0 Å². The van der Waals surface area contributed by atoms with Gasteiger partial charge in [0, 0.05) is 6.07 Å². The van der Waals surface area contributed by atoms with Gasteiger partial charge in [0.2, 0.25) is 0 Å². The Morgan fingerprint density at radius 1 is 1.62 bits per heavy atom. The topological polar surface area (TPSA) is 33.0 Å². The lowest BCUT2D eigenvalue weighted by Crippen LogP contribution is -1.94. The lowest BCUT2D eigenvalue weighted by atomic mass is 10.2. The summed E-state index contributed by atoms with van der Waals surface area (Å²) in [6, 6.07) is 5.84. The van der Waals surface area contributed by atoms with E-state index in [4.69, 9.17) is 10.00 Å². The molecule has 0 aliphatic carbocycles. The zero-order valence-corrected chi connectivity index (χ0v) is 6.96. The lowest BCUT2D eigenvalue weighted by Gasteiger charge is -2.02. The summed E-state index contributed by atoms with van der Waals surface area (Å²) in [7, 11) is 0. The van der Waals surface area contributed by atoms with E-state index in [2.05, 4.69) is 6.58 Å². The second-order valence-electron chi connectivity index (χ2n) is 2.35. The number of benzene rings is 1. The molecule has 66 valence electrons. The summed E-state index contributed by atoms with van der Waals surface area (Å²) in [5.41, 5.74) is 0.0194. The summed E-state index contributed by atoms with van der Waals surface area (Å²) in [6.07, 6.45) is 1.57. The highest BCUT2D eigenvalue weighted by Gasteiger charge is 2.02. The van der Waals surface area contributed by atoms with Crippen LogP contribution in [0.4, 0.5) is 4.39 Å². The number of nitriles is 1. The molecule has 0 N–H and O–H groups in total. The third-order valence-electron chi connectivity index (χ3n) is 1.43. The number of halogens is 1. The van der Waals surface area contributed by atoms with Crippen molar-refractivity contribution >= 4 is 0 Å². The predicted octanol–water partition coefficient (Wildman–Crippen LogP) is 2.26. The minimum absolute atomic E-state index is 0.0194. The highest BCUT2D eigenvalue weighted by molar-refractivity contribution is 5.36. The quantitative estimate of drug-likeness (QED) is 0.663. The van der Waals surface area contributed by atoms with Gasteiger partial charge in [-0.2, -0.15) is 5.26 Å². The molecule has 0 radical (unpaired) electrons. The Hall–Kier alpha value is -1.82. The van der Waals surface area contributed by atoms with Crippen LogP contribution in [0.15, 0.2) is 30.9 Å². The summed E-state index contributed by atoms with van der Waals surface area (Å²) in [4.78, 5) is 0. The summed E-state index contributed by atoms with van der Waals surface area (Å²) in [5, 5.41) is 8.44. The van der Waals surface area contributed by atoms with Gasteiger partial charge in [0.1, 0.15) is 24.2 Å². The van der Waals surface area contributed by atoms with E-state index < -0.39 is 5.82 Å². The van der Waals surface area contributed by atoms with Crippen molar-refractivity contribution in [2.75, 3.05) is 6.61 Å². The first kappa shape index (κ1) is 9.27. The van der Waals surface area contributed by atoms with Gasteiger partial charge in [0.25, 0.3) is 0 Å². The fourth-order valence-electron chi connectivity index (χ4n) is 0.831. The smallest absolute Gasteiger partial charge is 0.144 e. The first-order valence-electron chi connectivity index (χ1n) is 3.71. The first-order valence-corrected chi connectivity index (χ1v) is 3.71. The molecule has 1 rings (SSSR count). The van der Waals surface area contributed by atoms with Crippen LogP contribution in [0.1, 0.15) is 5.56 Å². The van der Waals surface area contributed by atoms with Crippen molar-refractivity contribution in [3.63, 3.8) is 0 Å².